The first-order valence-corrected chi connectivity index (χ1v) is 7.30. The summed E-state index contributed by atoms with van der Waals surface area (Å²) >= 11 is 0. The van der Waals surface area contributed by atoms with Gasteiger partial charge in [-0.15, -0.1) is 0 Å². The third-order valence-corrected chi connectivity index (χ3v) is 3.62. The van der Waals surface area contributed by atoms with Crippen molar-refractivity contribution in [1.29, 1.82) is 0 Å². The smallest absolute Gasteiger partial charge is 0.257 e. The average Bonchev–Trinajstić information content (AvgIpc) is 2.60. The number of amides is 1. The van der Waals surface area contributed by atoms with E-state index >= 15 is 0 Å². The molecule has 0 N–H and O–H groups in total. The van der Waals surface area contributed by atoms with Gasteiger partial charge in [0.1, 0.15) is 11.5 Å². The Hall–Kier alpha value is -2.76. The molecule has 0 radical (unpaired) electrons. The molecule has 24 heavy (non-hydrogen) atoms. The van der Waals surface area contributed by atoms with Gasteiger partial charge in [-0.25, -0.2) is 4.39 Å². The van der Waals surface area contributed by atoms with E-state index in [-0.39, 0.29) is 18.2 Å². The lowest BCUT2D eigenvalue weighted by molar-refractivity contribution is 0.0781. The summed E-state index contributed by atoms with van der Waals surface area (Å²) < 4.78 is 29.1. The van der Waals surface area contributed by atoms with Crippen LogP contribution in [0, 0.1) is 5.82 Å². The second-order valence-electron chi connectivity index (χ2n) is 5.20. The Morgan fingerprint density at radius 1 is 1.00 bits per heavy atom. The highest BCUT2D eigenvalue weighted by Crippen LogP contribution is 2.26. The summed E-state index contributed by atoms with van der Waals surface area (Å²) in [5, 5.41) is 0. The van der Waals surface area contributed by atoms with Crippen molar-refractivity contribution in [2.45, 2.75) is 6.54 Å². The summed E-state index contributed by atoms with van der Waals surface area (Å²) in [5.41, 5.74) is 1.04. The topological polar surface area (TPSA) is 48.0 Å². The van der Waals surface area contributed by atoms with Crippen molar-refractivity contribution < 1.29 is 23.4 Å². The molecule has 1 amide bonds. The molecule has 0 spiro atoms. The number of nitrogens with zero attached hydrogens (tertiary/aromatic N) is 1. The highest BCUT2D eigenvalue weighted by molar-refractivity contribution is 5.97. The van der Waals surface area contributed by atoms with Gasteiger partial charge < -0.3 is 19.1 Å². The van der Waals surface area contributed by atoms with Crippen molar-refractivity contribution in [3.63, 3.8) is 0 Å². The number of benzene rings is 2. The van der Waals surface area contributed by atoms with E-state index in [0.717, 1.165) is 0 Å². The first kappa shape index (κ1) is 17.6. The maximum Gasteiger partial charge on any atom is 0.257 e. The number of carbonyl (C=O) groups is 1. The number of methoxy groups -OCH3 is 3. The van der Waals surface area contributed by atoms with Crippen LogP contribution in [0.25, 0.3) is 0 Å². The molecule has 0 aromatic heterocycles. The number of carbonyl (C=O) groups excluding carboxylic acids is 1. The Morgan fingerprint density at radius 3 is 2.25 bits per heavy atom. The molecular formula is C18H20FNO4. The standard InChI is InChI=1S/C18H20FNO4/c1-20(11-12-5-7-17(24-4)15(19)9-12)18(21)14-10-13(22-2)6-8-16(14)23-3/h5-10H,11H2,1-4H3. The van der Waals surface area contributed by atoms with E-state index in [1.807, 2.05) is 0 Å². The minimum absolute atomic E-state index is 0.169. The Morgan fingerprint density at radius 2 is 1.67 bits per heavy atom. The molecular weight excluding hydrogens is 313 g/mol. The molecule has 0 atom stereocenters. The molecule has 0 saturated heterocycles. The van der Waals surface area contributed by atoms with Gasteiger partial charge in [-0.2, -0.15) is 0 Å². The van der Waals surface area contributed by atoms with Crippen LogP contribution in [0.5, 0.6) is 17.2 Å². The molecule has 0 aliphatic rings. The molecule has 2 aromatic carbocycles. The largest absolute Gasteiger partial charge is 0.497 e. The lowest BCUT2D eigenvalue weighted by Crippen LogP contribution is -2.26. The predicted molar refractivity (Wildman–Crippen MR) is 88.3 cm³/mol. The number of hydrogen-bond donors (Lipinski definition) is 0. The van der Waals surface area contributed by atoms with Crippen LogP contribution in [0.1, 0.15) is 15.9 Å². The molecule has 128 valence electrons. The number of halogens is 1. The van der Waals surface area contributed by atoms with Gasteiger partial charge in [0, 0.05) is 13.6 Å². The summed E-state index contributed by atoms with van der Waals surface area (Å²) in [6.45, 7) is 0.250. The third-order valence-electron chi connectivity index (χ3n) is 3.62. The fraction of sp³-hybridized carbons (Fsp3) is 0.278. The molecule has 0 unspecified atom stereocenters. The maximum absolute atomic E-state index is 13.8. The first-order valence-electron chi connectivity index (χ1n) is 7.30. The highest BCUT2D eigenvalue weighted by atomic mass is 19.1. The Kier molecular flexibility index (Phi) is 5.63. The van der Waals surface area contributed by atoms with Crippen LogP contribution in [-0.2, 0) is 6.54 Å². The molecule has 6 heteroatoms. The number of hydrogen-bond acceptors (Lipinski definition) is 4. The lowest BCUT2D eigenvalue weighted by atomic mass is 10.1. The monoisotopic (exact) mass is 333 g/mol. The minimum atomic E-state index is -0.463. The molecule has 5 nitrogen and oxygen atoms in total. The van der Waals surface area contributed by atoms with E-state index in [1.165, 1.54) is 38.4 Å². The van der Waals surface area contributed by atoms with E-state index in [2.05, 4.69) is 0 Å². The first-order chi connectivity index (χ1) is 11.5. The molecule has 0 fully saturated rings. The van der Waals surface area contributed by atoms with Crippen LogP contribution in [0.3, 0.4) is 0 Å². The average molecular weight is 333 g/mol. The normalized spacial score (nSPS) is 10.2. The quantitative estimate of drug-likeness (QED) is 0.815. The van der Waals surface area contributed by atoms with E-state index in [9.17, 15) is 9.18 Å². The van der Waals surface area contributed by atoms with Gasteiger partial charge in [0.05, 0.1) is 26.9 Å². The molecule has 2 aromatic rings. The molecule has 0 aliphatic heterocycles. The third kappa shape index (κ3) is 3.76. The zero-order valence-electron chi connectivity index (χ0n) is 14.1. The van der Waals surface area contributed by atoms with E-state index in [0.29, 0.717) is 22.6 Å². The summed E-state index contributed by atoms with van der Waals surface area (Å²) in [4.78, 5) is 14.2. The minimum Gasteiger partial charge on any atom is -0.497 e. The zero-order valence-corrected chi connectivity index (χ0v) is 14.1. The second kappa shape index (κ2) is 7.68. The molecule has 0 bridgehead atoms. The Labute approximate surface area is 140 Å². The van der Waals surface area contributed by atoms with Gasteiger partial charge in [-0.05, 0) is 35.9 Å². The molecule has 2 rings (SSSR count). The van der Waals surface area contributed by atoms with Gasteiger partial charge >= 0.3 is 0 Å². The van der Waals surface area contributed by atoms with Gasteiger partial charge in [0.25, 0.3) is 5.91 Å². The SMILES string of the molecule is COc1ccc(OC)c(C(=O)N(C)Cc2ccc(OC)c(F)c2)c1. The number of rotatable bonds is 6. The molecule has 0 heterocycles. The summed E-state index contributed by atoms with van der Waals surface area (Å²) in [7, 11) is 6.07. The highest BCUT2D eigenvalue weighted by Gasteiger charge is 2.18. The Bertz CT molecular complexity index is 733. The van der Waals surface area contributed by atoms with Crippen LogP contribution in [0.4, 0.5) is 4.39 Å². The zero-order chi connectivity index (χ0) is 17.7. The van der Waals surface area contributed by atoms with E-state index < -0.39 is 5.82 Å². The maximum atomic E-state index is 13.8. The van der Waals surface area contributed by atoms with Crippen molar-refractivity contribution in [2.75, 3.05) is 28.4 Å². The Balaban J connectivity index is 2.22. The fourth-order valence-corrected chi connectivity index (χ4v) is 2.34. The van der Waals surface area contributed by atoms with Crippen LogP contribution in [0.15, 0.2) is 36.4 Å². The van der Waals surface area contributed by atoms with Gasteiger partial charge in [-0.3, -0.25) is 4.79 Å². The van der Waals surface area contributed by atoms with Crippen LogP contribution in [0.2, 0.25) is 0 Å². The van der Waals surface area contributed by atoms with Crippen LogP contribution in [-0.4, -0.2) is 39.2 Å². The summed E-state index contributed by atoms with van der Waals surface area (Å²) in [6.07, 6.45) is 0. The van der Waals surface area contributed by atoms with Crippen molar-refractivity contribution in [1.82, 2.24) is 4.90 Å². The van der Waals surface area contributed by atoms with Gasteiger partial charge in [-0.1, -0.05) is 6.07 Å². The van der Waals surface area contributed by atoms with Crippen LogP contribution < -0.4 is 14.2 Å². The predicted octanol–water partition coefficient (Wildman–Crippen LogP) is 3.12. The van der Waals surface area contributed by atoms with Crippen molar-refractivity contribution in [3.05, 3.63) is 53.3 Å². The fourth-order valence-electron chi connectivity index (χ4n) is 2.34. The van der Waals surface area contributed by atoms with Crippen molar-refractivity contribution in [2.24, 2.45) is 0 Å². The summed E-state index contributed by atoms with van der Waals surface area (Å²) in [6, 6.07) is 9.61. The summed E-state index contributed by atoms with van der Waals surface area (Å²) in [5.74, 6) is 0.468. The van der Waals surface area contributed by atoms with E-state index in [1.54, 1.807) is 31.3 Å². The lowest BCUT2D eigenvalue weighted by Gasteiger charge is -2.19. The molecule has 0 aliphatic carbocycles. The van der Waals surface area contributed by atoms with Crippen molar-refractivity contribution >= 4 is 5.91 Å². The second-order valence-corrected chi connectivity index (χ2v) is 5.20. The molecule has 0 saturated carbocycles. The van der Waals surface area contributed by atoms with Crippen LogP contribution >= 0.6 is 0 Å². The number of ether oxygens (including phenoxy) is 3. The van der Waals surface area contributed by atoms with Gasteiger partial charge in [0.15, 0.2) is 11.6 Å². The van der Waals surface area contributed by atoms with Gasteiger partial charge in [0.2, 0.25) is 0 Å². The van der Waals surface area contributed by atoms with Crippen molar-refractivity contribution in [3.8, 4) is 17.2 Å². The van der Waals surface area contributed by atoms with E-state index in [4.69, 9.17) is 14.2 Å².